The van der Waals surface area contributed by atoms with Gasteiger partial charge in [0.15, 0.2) is 0 Å². The first-order valence-corrected chi connectivity index (χ1v) is 17.5. The molecule has 10 rings (SSSR count). The summed E-state index contributed by atoms with van der Waals surface area (Å²) in [6.45, 7) is 2.34. The summed E-state index contributed by atoms with van der Waals surface area (Å²) >= 11 is 1.88. The number of para-hydroxylation sites is 1. The predicted octanol–water partition coefficient (Wildman–Crippen LogP) is 13.3. The number of rotatable bonds is 3. The average Bonchev–Trinajstić information content (AvgIpc) is 3.15. The van der Waals surface area contributed by atoms with Crippen molar-refractivity contribution in [1.29, 1.82) is 0 Å². The zero-order chi connectivity index (χ0) is 31.8. The molecule has 2 aliphatic heterocycles. The number of hydrogen-bond acceptors (Lipinski definition) is 2. The normalized spacial score (nSPS) is 14.4. The predicted molar refractivity (Wildman–Crippen MR) is 204 cm³/mol. The van der Waals surface area contributed by atoms with Crippen molar-refractivity contribution in [3.63, 3.8) is 0 Å². The van der Waals surface area contributed by atoms with Crippen LogP contribution in [0.1, 0.15) is 18.5 Å². The number of nitrogens with zero attached hydrogens (tertiary/aromatic N) is 1. The highest BCUT2D eigenvalue weighted by Crippen LogP contribution is 2.53. The molecule has 0 amide bonds. The van der Waals surface area contributed by atoms with E-state index in [2.05, 4.69) is 176 Å². The molecule has 1 nitrogen and oxygen atoms in total. The van der Waals surface area contributed by atoms with Crippen molar-refractivity contribution in [2.75, 3.05) is 4.90 Å². The van der Waals surface area contributed by atoms with Gasteiger partial charge in [-0.15, -0.1) is 0 Å². The molecule has 8 aromatic rings. The second-order valence-electron chi connectivity index (χ2n) is 12.9. The fraction of sp³-hybridized carbons (Fsp3) is 0.0435. The summed E-state index contributed by atoms with van der Waals surface area (Å²) in [6.07, 6.45) is 0. The van der Waals surface area contributed by atoms with E-state index in [4.69, 9.17) is 0 Å². The van der Waals surface area contributed by atoms with Gasteiger partial charge in [-0.05, 0) is 92.4 Å². The minimum absolute atomic E-state index is 0.179. The van der Waals surface area contributed by atoms with E-state index in [1.807, 2.05) is 11.8 Å². The maximum atomic E-state index is 2.55. The zero-order valence-corrected chi connectivity index (χ0v) is 27.3. The molecule has 0 spiro atoms. The molecule has 0 saturated carbocycles. The fourth-order valence-electron chi connectivity index (χ4n) is 8.03. The van der Waals surface area contributed by atoms with Gasteiger partial charge in [-0.25, -0.2) is 0 Å². The molecule has 0 bridgehead atoms. The molecule has 8 aromatic carbocycles. The van der Waals surface area contributed by atoms with Crippen molar-refractivity contribution >= 4 is 44.7 Å². The van der Waals surface area contributed by atoms with Crippen LogP contribution in [-0.4, -0.2) is 0 Å². The van der Waals surface area contributed by atoms with Gasteiger partial charge in [0.25, 0.3) is 0 Å². The van der Waals surface area contributed by atoms with Crippen LogP contribution in [0.4, 0.5) is 11.4 Å². The molecule has 2 heteroatoms. The molecule has 2 aliphatic rings. The van der Waals surface area contributed by atoms with E-state index < -0.39 is 0 Å². The Labute approximate surface area is 285 Å². The smallest absolute Gasteiger partial charge is 0.0569 e. The first kappa shape index (κ1) is 27.5. The Morgan fingerprint density at radius 2 is 1.15 bits per heavy atom. The van der Waals surface area contributed by atoms with Crippen molar-refractivity contribution in [2.24, 2.45) is 0 Å². The summed E-state index contributed by atoms with van der Waals surface area (Å²) in [5.41, 5.74) is 14.1. The van der Waals surface area contributed by atoms with Gasteiger partial charge in [0.2, 0.25) is 0 Å². The van der Waals surface area contributed by atoms with Crippen molar-refractivity contribution < 1.29 is 0 Å². The Balaban J connectivity index is 1.07. The van der Waals surface area contributed by atoms with Crippen LogP contribution in [0.25, 0.3) is 66.1 Å². The molecular formula is C46H31NS. The number of hydrogen-bond donors (Lipinski definition) is 0. The maximum absolute atomic E-state index is 2.55. The Kier molecular flexibility index (Phi) is 6.16. The summed E-state index contributed by atoms with van der Waals surface area (Å²) in [5.74, 6) is 0. The highest BCUT2D eigenvalue weighted by molar-refractivity contribution is 7.99. The molecule has 0 unspecified atom stereocenters. The van der Waals surface area contributed by atoms with Crippen LogP contribution in [0.15, 0.2) is 174 Å². The van der Waals surface area contributed by atoms with Gasteiger partial charge in [-0.3, -0.25) is 0 Å². The van der Waals surface area contributed by atoms with Gasteiger partial charge in [0, 0.05) is 32.0 Å². The van der Waals surface area contributed by atoms with Crippen LogP contribution in [0.2, 0.25) is 0 Å². The van der Waals surface area contributed by atoms with Gasteiger partial charge in [0.1, 0.15) is 0 Å². The second kappa shape index (κ2) is 10.7. The molecule has 0 N–H and O–H groups in total. The van der Waals surface area contributed by atoms with Gasteiger partial charge >= 0.3 is 0 Å². The maximum Gasteiger partial charge on any atom is 0.0569 e. The van der Waals surface area contributed by atoms with Crippen LogP contribution in [-0.2, 0) is 0 Å². The molecule has 0 fully saturated rings. The average molecular weight is 630 g/mol. The SMILES string of the molecule is C[C@@H]1c2ccccc2-c2c(ccc3ccccc23)N1c1ccccc1-c1ccc(-c2ccc3c(c2)-c2cccc4cccc(c24)S3)cc1. The van der Waals surface area contributed by atoms with Crippen LogP contribution < -0.4 is 4.90 Å². The number of anilines is 2. The summed E-state index contributed by atoms with van der Waals surface area (Å²) in [5, 5.41) is 5.24. The highest BCUT2D eigenvalue weighted by Gasteiger charge is 2.31. The van der Waals surface area contributed by atoms with Crippen LogP contribution in [0.5, 0.6) is 0 Å². The lowest BCUT2D eigenvalue weighted by Gasteiger charge is -2.40. The molecular weight excluding hydrogens is 599 g/mol. The van der Waals surface area contributed by atoms with Crippen LogP contribution in [0.3, 0.4) is 0 Å². The summed E-state index contributed by atoms with van der Waals surface area (Å²) < 4.78 is 0. The van der Waals surface area contributed by atoms with E-state index in [1.165, 1.54) is 92.8 Å². The van der Waals surface area contributed by atoms with Gasteiger partial charge < -0.3 is 4.90 Å². The van der Waals surface area contributed by atoms with Gasteiger partial charge in [-0.1, -0.05) is 145 Å². The molecule has 2 heterocycles. The first-order valence-electron chi connectivity index (χ1n) is 16.7. The fourth-order valence-corrected chi connectivity index (χ4v) is 9.16. The largest absolute Gasteiger partial charge is 0.333 e. The quantitative estimate of drug-likeness (QED) is 0.191. The van der Waals surface area contributed by atoms with Crippen molar-refractivity contribution in [2.45, 2.75) is 22.8 Å². The number of fused-ring (bicyclic) bond motifs is 7. The monoisotopic (exact) mass is 629 g/mol. The first-order chi connectivity index (χ1) is 23.7. The third-order valence-electron chi connectivity index (χ3n) is 10.3. The Hall–Kier alpha value is -5.57. The standard InChI is InChI=1S/C46H31NS/c1-29-35-13-4-5-16-38(35)46-37-15-3-2-10-31(37)24-26-42(46)47(29)41-18-7-6-14-36(41)32-22-20-30(21-23-32)34-25-27-43-40(28-34)39-17-8-11-33-12-9-19-44(48-43)45(33)39/h2-29H,1H3/t29-/m1/s1. The topological polar surface area (TPSA) is 3.24 Å². The van der Waals surface area contributed by atoms with Crippen molar-refractivity contribution in [3.05, 3.63) is 169 Å². The van der Waals surface area contributed by atoms with Crippen LogP contribution in [0, 0.1) is 0 Å². The molecule has 226 valence electrons. The van der Waals surface area contributed by atoms with Crippen molar-refractivity contribution in [3.8, 4) is 44.5 Å². The molecule has 0 radical (unpaired) electrons. The van der Waals surface area contributed by atoms with E-state index in [-0.39, 0.29) is 6.04 Å². The molecule has 1 atom stereocenters. The Bertz CT molecular complexity index is 2560. The van der Waals surface area contributed by atoms with E-state index in [1.54, 1.807) is 0 Å². The summed E-state index contributed by atoms with van der Waals surface area (Å²) in [4.78, 5) is 5.21. The Morgan fingerprint density at radius 1 is 0.458 bits per heavy atom. The molecule has 0 saturated heterocycles. The van der Waals surface area contributed by atoms with E-state index in [0.717, 1.165) is 0 Å². The summed E-state index contributed by atoms with van der Waals surface area (Å²) in [7, 11) is 0. The molecule has 0 aliphatic carbocycles. The highest BCUT2D eigenvalue weighted by atomic mass is 32.2. The van der Waals surface area contributed by atoms with E-state index in [0.29, 0.717) is 0 Å². The van der Waals surface area contributed by atoms with E-state index in [9.17, 15) is 0 Å². The summed E-state index contributed by atoms with van der Waals surface area (Å²) in [6, 6.07) is 60.8. The molecule has 48 heavy (non-hydrogen) atoms. The number of benzene rings is 8. The zero-order valence-electron chi connectivity index (χ0n) is 26.5. The van der Waals surface area contributed by atoms with E-state index >= 15 is 0 Å². The van der Waals surface area contributed by atoms with Crippen molar-refractivity contribution in [1.82, 2.24) is 0 Å². The lowest BCUT2D eigenvalue weighted by molar-refractivity contribution is 0.767. The lowest BCUT2D eigenvalue weighted by atomic mass is 9.85. The minimum Gasteiger partial charge on any atom is -0.333 e. The van der Waals surface area contributed by atoms with Crippen LogP contribution >= 0.6 is 11.8 Å². The van der Waals surface area contributed by atoms with Gasteiger partial charge in [0.05, 0.1) is 11.7 Å². The lowest BCUT2D eigenvalue weighted by Crippen LogP contribution is -2.26. The third kappa shape index (κ3) is 4.13. The Morgan fingerprint density at radius 3 is 2.04 bits per heavy atom. The van der Waals surface area contributed by atoms with Gasteiger partial charge in [-0.2, -0.15) is 0 Å². The minimum atomic E-state index is 0.179. The third-order valence-corrected chi connectivity index (χ3v) is 11.4. The molecule has 0 aromatic heterocycles. The second-order valence-corrected chi connectivity index (χ2v) is 14.0.